The van der Waals surface area contributed by atoms with Crippen LogP contribution < -0.4 is 20.1 Å². The number of sulfonamides is 1. The van der Waals surface area contributed by atoms with Crippen molar-refractivity contribution in [2.24, 2.45) is 5.92 Å². The Morgan fingerprint density at radius 2 is 1.53 bits per heavy atom. The van der Waals surface area contributed by atoms with Gasteiger partial charge < -0.3 is 15.4 Å². The van der Waals surface area contributed by atoms with Gasteiger partial charge in [-0.05, 0) is 67.1 Å². The van der Waals surface area contributed by atoms with Crippen molar-refractivity contribution in [3.8, 4) is 11.5 Å². The van der Waals surface area contributed by atoms with Gasteiger partial charge in [0.1, 0.15) is 11.5 Å². The average Bonchev–Trinajstić information content (AvgIpc) is 2.87. The summed E-state index contributed by atoms with van der Waals surface area (Å²) < 4.78 is 31.0. The number of rotatable bonds is 10. The molecule has 1 saturated carbocycles. The maximum atomic E-state index is 12.3. The first-order chi connectivity index (χ1) is 17.8. The first kappa shape index (κ1) is 30.1. The fourth-order valence-corrected chi connectivity index (χ4v) is 5.76. The van der Waals surface area contributed by atoms with Gasteiger partial charge in [0.2, 0.25) is 10.0 Å². The van der Waals surface area contributed by atoms with Gasteiger partial charge in [0.15, 0.2) is 0 Å². The van der Waals surface area contributed by atoms with Crippen LogP contribution in [0.3, 0.4) is 0 Å². The molecule has 2 aromatic carbocycles. The molecular weight excluding hydrogens is 524 g/mol. The van der Waals surface area contributed by atoms with Gasteiger partial charge in [0, 0.05) is 37.9 Å². The van der Waals surface area contributed by atoms with E-state index in [9.17, 15) is 13.2 Å². The summed E-state index contributed by atoms with van der Waals surface area (Å²) in [6, 6.07) is 15.1. The van der Waals surface area contributed by atoms with Crippen LogP contribution in [0.1, 0.15) is 56.9 Å². The number of amides is 2. The molecular formula is C28H41ClN4O4S. The molecule has 210 valence electrons. The number of benzene rings is 2. The molecule has 0 bridgehead atoms. The predicted octanol–water partition coefficient (Wildman–Crippen LogP) is 5.51. The highest BCUT2D eigenvalue weighted by Crippen LogP contribution is 2.26. The number of anilines is 1. The van der Waals surface area contributed by atoms with E-state index in [1.807, 2.05) is 12.1 Å². The van der Waals surface area contributed by atoms with Crippen LogP contribution in [0.4, 0.5) is 10.5 Å². The van der Waals surface area contributed by atoms with Crippen molar-refractivity contribution in [2.45, 2.75) is 64.0 Å². The lowest BCUT2D eigenvalue weighted by atomic mass is 9.87. The third kappa shape index (κ3) is 10.3. The summed E-state index contributed by atoms with van der Waals surface area (Å²) in [6.07, 6.45) is 10.8. The number of hydrogen-bond acceptors (Lipinski definition) is 5. The van der Waals surface area contributed by atoms with Crippen LogP contribution >= 0.6 is 12.4 Å². The molecule has 8 nitrogen and oxygen atoms in total. The van der Waals surface area contributed by atoms with E-state index in [2.05, 4.69) is 32.4 Å². The van der Waals surface area contributed by atoms with Crippen molar-refractivity contribution < 1.29 is 17.9 Å². The maximum absolute atomic E-state index is 12.3. The van der Waals surface area contributed by atoms with E-state index in [-0.39, 0.29) is 24.5 Å². The van der Waals surface area contributed by atoms with E-state index >= 15 is 0 Å². The molecule has 1 aliphatic carbocycles. The zero-order valence-electron chi connectivity index (χ0n) is 22.2. The lowest BCUT2D eigenvalue weighted by Gasteiger charge is -2.32. The third-order valence-electron chi connectivity index (χ3n) is 7.21. The second kappa shape index (κ2) is 14.6. The Balaban J connectivity index is 0.00000400. The van der Waals surface area contributed by atoms with Crippen LogP contribution in [0.5, 0.6) is 11.5 Å². The lowest BCUT2D eigenvalue weighted by molar-refractivity contribution is 0.186. The number of nitrogens with zero attached hydrogens (tertiary/aromatic N) is 1. The SMILES string of the molecule is CS(=O)(=O)Nc1ccc(Oc2ccc(CN3CCC(NC(=O)NCCC4CCCCC4)CC3)cc2)cc1.Cl. The van der Waals surface area contributed by atoms with Gasteiger partial charge >= 0.3 is 6.03 Å². The molecule has 1 heterocycles. The maximum Gasteiger partial charge on any atom is 0.315 e. The second-order valence-corrected chi connectivity index (χ2v) is 12.1. The molecule has 38 heavy (non-hydrogen) atoms. The Bertz CT molecular complexity index is 1100. The molecule has 3 N–H and O–H groups in total. The number of nitrogens with one attached hydrogen (secondary N) is 3. The number of piperidine rings is 1. The molecule has 0 atom stereocenters. The minimum atomic E-state index is -3.30. The summed E-state index contributed by atoms with van der Waals surface area (Å²) >= 11 is 0. The van der Waals surface area contributed by atoms with Gasteiger partial charge in [0.25, 0.3) is 0 Å². The monoisotopic (exact) mass is 564 g/mol. The highest BCUT2D eigenvalue weighted by Gasteiger charge is 2.21. The zero-order chi connectivity index (χ0) is 26.1. The average molecular weight is 565 g/mol. The molecule has 0 aromatic heterocycles. The Hall–Kier alpha value is -2.49. The van der Waals surface area contributed by atoms with Gasteiger partial charge in [-0.25, -0.2) is 13.2 Å². The number of urea groups is 1. The standard InChI is InChI=1S/C28H40N4O4S.ClH/c1-37(34,35)31-25-9-13-27(14-10-25)36-26-11-7-23(8-12-26)21-32-19-16-24(17-20-32)30-28(33)29-18-15-22-5-3-2-4-6-22;/h7-14,22,24,31H,2-6,15-21H2,1H3,(H2,29,30,33);1H. The van der Waals surface area contributed by atoms with Gasteiger partial charge in [-0.3, -0.25) is 9.62 Å². The van der Waals surface area contributed by atoms with E-state index in [1.165, 1.54) is 37.7 Å². The van der Waals surface area contributed by atoms with Crippen LogP contribution in [0.25, 0.3) is 0 Å². The van der Waals surface area contributed by atoms with Crippen molar-refractivity contribution >= 4 is 34.1 Å². The zero-order valence-corrected chi connectivity index (χ0v) is 23.8. The van der Waals surface area contributed by atoms with Crippen molar-refractivity contribution in [1.29, 1.82) is 0 Å². The number of hydrogen-bond donors (Lipinski definition) is 3. The Morgan fingerprint density at radius 1 is 0.921 bits per heavy atom. The first-order valence-corrected chi connectivity index (χ1v) is 15.3. The summed E-state index contributed by atoms with van der Waals surface area (Å²) in [7, 11) is -3.30. The molecule has 4 rings (SSSR count). The molecule has 10 heteroatoms. The molecule has 1 aliphatic heterocycles. The van der Waals surface area contributed by atoms with E-state index in [0.29, 0.717) is 11.4 Å². The third-order valence-corrected chi connectivity index (χ3v) is 7.81. The number of halogens is 1. The topological polar surface area (TPSA) is 99.8 Å². The molecule has 0 radical (unpaired) electrons. The minimum absolute atomic E-state index is 0. The molecule has 2 amide bonds. The van der Waals surface area contributed by atoms with E-state index < -0.39 is 10.0 Å². The van der Waals surface area contributed by atoms with Crippen molar-refractivity contribution in [1.82, 2.24) is 15.5 Å². The summed E-state index contributed by atoms with van der Waals surface area (Å²) in [6.45, 7) is 3.56. The quantitative estimate of drug-likeness (QED) is 0.353. The summed E-state index contributed by atoms with van der Waals surface area (Å²) in [5, 5.41) is 6.22. The Labute approximate surface area is 233 Å². The fourth-order valence-electron chi connectivity index (χ4n) is 5.20. The highest BCUT2D eigenvalue weighted by atomic mass is 35.5. The van der Waals surface area contributed by atoms with Crippen LogP contribution in [-0.4, -0.2) is 51.3 Å². The normalized spacial score (nSPS) is 17.3. The first-order valence-electron chi connectivity index (χ1n) is 13.4. The fraction of sp³-hybridized carbons (Fsp3) is 0.536. The van der Waals surface area contributed by atoms with Crippen molar-refractivity contribution in [3.05, 3.63) is 54.1 Å². The number of ether oxygens (including phenoxy) is 1. The Kier molecular flexibility index (Phi) is 11.6. The van der Waals surface area contributed by atoms with Crippen LogP contribution in [0.15, 0.2) is 48.5 Å². The van der Waals surface area contributed by atoms with Gasteiger partial charge in [0.05, 0.1) is 6.26 Å². The molecule has 2 aliphatic rings. The molecule has 2 fully saturated rings. The number of likely N-dealkylation sites (tertiary alicyclic amines) is 1. The molecule has 0 spiro atoms. The van der Waals surface area contributed by atoms with Crippen molar-refractivity contribution in [2.75, 3.05) is 30.6 Å². The number of carbonyl (C=O) groups is 1. The van der Waals surface area contributed by atoms with Gasteiger partial charge in [-0.2, -0.15) is 0 Å². The number of carbonyl (C=O) groups excluding carboxylic acids is 1. The lowest BCUT2D eigenvalue weighted by Crippen LogP contribution is -2.48. The van der Waals surface area contributed by atoms with E-state index in [0.717, 1.165) is 63.4 Å². The van der Waals surface area contributed by atoms with Crippen LogP contribution in [0.2, 0.25) is 0 Å². The molecule has 2 aromatic rings. The van der Waals surface area contributed by atoms with Crippen LogP contribution in [-0.2, 0) is 16.6 Å². The molecule has 0 unspecified atom stereocenters. The largest absolute Gasteiger partial charge is 0.457 e. The predicted molar refractivity (Wildman–Crippen MR) is 155 cm³/mol. The van der Waals surface area contributed by atoms with E-state index in [4.69, 9.17) is 4.74 Å². The van der Waals surface area contributed by atoms with Gasteiger partial charge in [-0.1, -0.05) is 44.2 Å². The minimum Gasteiger partial charge on any atom is -0.457 e. The summed E-state index contributed by atoms with van der Waals surface area (Å²) in [5.74, 6) is 2.15. The van der Waals surface area contributed by atoms with Gasteiger partial charge in [-0.15, -0.1) is 12.4 Å². The summed E-state index contributed by atoms with van der Waals surface area (Å²) in [4.78, 5) is 14.7. The smallest absolute Gasteiger partial charge is 0.315 e. The van der Waals surface area contributed by atoms with Crippen LogP contribution in [0, 0.1) is 5.92 Å². The summed E-state index contributed by atoms with van der Waals surface area (Å²) in [5.41, 5.74) is 1.71. The second-order valence-electron chi connectivity index (χ2n) is 10.4. The molecule has 1 saturated heterocycles. The van der Waals surface area contributed by atoms with Crippen molar-refractivity contribution in [3.63, 3.8) is 0 Å². The van der Waals surface area contributed by atoms with E-state index in [1.54, 1.807) is 24.3 Å². The highest BCUT2D eigenvalue weighted by molar-refractivity contribution is 7.92. The Morgan fingerprint density at radius 3 is 2.13 bits per heavy atom.